The molecule has 2 aliphatic carbocycles. The van der Waals surface area contributed by atoms with Gasteiger partial charge in [0, 0.05) is 18.3 Å². The lowest BCUT2D eigenvalue weighted by Gasteiger charge is -2.26. The maximum Gasteiger partial charge on any atom is 0.326 e. The summed E-state index contributed by atoms with van der Waals surface area (Å²) in [6, 6.07) is 0. The highest BCUT2D eigenvalue weighted by molar-refractivity contribution is 5.83. The molecule has 0 heterocycles. The van der Waals surface area contributed by atoms with E-state index in [4.69, 9.17) is 5.73 Å². The van der Waals surface area contributed by atoms with Gasteiger partial charge in [-0.3, -0.25) is 4.79 Å². The second kappa shape index (κ2) is 2.46. The van der Waals surface area contributed by atoms with Crippen LogP contribution < -0.4 is 5.73 Å². The Labute approximate surface area is 81.2 Å². The van der Waals surface area contributed by atoms with Crippen molar-refractivity contribution in [1.82, 2.24) is 0 Å². The fraction of sp³-hybridized carbons (Fsp3) is 0.889. The molecule has 0 aromatic heterocycles. The molecule has 0 saturated heterocycles. The average Bonchev–Trinajstić information content (AvgIpc) is 2.54. The standard InChI is InChI=1S/C9H14FNO3/c1-8(10)5-4(12)3-9(11,6(5)8)7(13)14-2/h4-6,12H,3,11H2,1-2H3/t4?,5?,6?,8-,9?/m1/s1. The van der Waals surface area contributed by atoms with Crippen molar-refractivity contribution in [3.63, 3.8) is 0 Å². The summed E-state index contributed by atoms with van der Waals surface area (Å²) >= 11 is 0. The van der Waals surface area contributed by atoms with E-state index in [1.54, 1.807) is 0 Å². The molecule has 4 unspecified atom stereocenters. The van der Waals surface area contributed by atoms with Crippen molar-refractivity contribution in [2.45, 2.75) is 30.7 Å². The van der Waals surface area contributed by atoms with Gasteiger partial charge in [0.1, 0.15) is 11.2 Å². The van der Waals surface area contributed by atoms with Gasteiger partial charge in [-0.15, -0.1) is 0 Å². The number of rotatable bonds is 1. The Bertz CT molecular complexity index is 294. The molecule has 2 aliphatic rings. The van der Waals surface area contributed by atoms with Gasteiger partial charge in [0.15, 0.2) is 0 Å². The normalized spacial score (nSPS) is 55.4. The number of aliphatic hydroxyl groups is 1. The van der Waals surface area contributed by atoms with Crippen LogP contribution in [0.15, 0.2) is 0 Å². The Morgan fingerprint density at radius 3 is 2.64 bits per heavy atom. The monoisotopic (exact) mass is 203 g/mol. The quantitative estimate of drug-likeness (QED) is 0.568. The fourth-order valence-corrected chi connectivity index (χ4v) is 2.94. The average molecular weight is 203 g/mol. The van der Waals surface area contributed by atoms with E-state index in [1.165, 1.54) is 14.0 Å². The highest BCUT2D eigenvalue weighted by Gasteiger charge is 2.79. The van der Waals surface area contributed by atoms with E-state index in [2.05, 4.69) is 4.74 Å². The number of nitrogens with two attached hydrogens (primary N) is 1. The summed E-state index contributed by atoms with van der Waals surface area (Å²) in [4.78, 5) is 11.4. The molecule has 5 heteroatoms. The number of aliphatic hydroxyl groups excluding tert-OH is 1. The van der Waals surface area contributed by atoms with Crippen LogP contribution in [-0.4, -0.2) is 35.5 Å². The number of esters is 1. The van der Waals surface area contributed by atoms with E-state index < -0.39 is 35.1 Å². The van der Waals surface area contributed by atoms with E-state index in [9.17, 15) is 14.3 Å². The first-order valence-corrected chi connectivity index (χ1v) is 4.60. The van der Waals surface area contributed by atoms with Gasteiger partial charge in [-0.2, -0.15) is 0 Å². The molecule has 0 bridgehead atoms. The third-order valence-corrected chi connectivity index (χ3v) is 3.59. The van der Waals surface area contributed by atoms with Crippen LogP contribution in [0.2, 0.25) is 0 Å². The molecule has 2 saturated carbocycles. The Morgan fingerprint density at radius 1 is 1.71 bits per heavy atom. The summed E-state index contributed by atoms with van der Waals surface area (Å²) in [6.45, 7) is 1.37. The van der Waals surface area contributed by atoms with Gasteiger partial charge in [0.25, 0.3) is 0 Å². The minimum atomic E-state index is -1.53. The zero-order valence-electron chi connectivity index (χ0n) is 8.16. The van der Waals surface area contributed by atoms with Crippen LogP contribution in [0.4, 0.5) is 4.39 Å². The number of methoxy groups -OCH3 is 1. The second-order valence-electron chi connectivity index (χ2n) is 4.46. The molecule has 0 aromatic rings. The van der Waals surface area contributed by atoms with E-state index in [-0.39, 0.29) is 6.42 Å². The molecule has 0 radical (unpaired) electrons. The molecule has 0 aromatic carbocycles. The number of carbonyl (C=O) groups excluding carboxylic acids is 1. The molecule has 2 rings (SSSR count). The van der Waals surface area contributed by atoms with Crippen LogP contribution in [0, 0.1) is 11.8 Å². The molecule has 0 spiro atoms. The number of halogens is 1. The SMILES string of the molecule is COC(=O)C1(N)CC(O)C2C1[C@]2(C)F. The maximum absolute atomic E-state index is 13.7. The van der Waals surface area contributed by atoms with Crippen LogP contribution in [0.1, 0.15) is 13.3 Å². The van der Waals surface area contributed by atoms with Gasteiger partial charge in [-0.25, -0.2) is 4.39 Å². The number of ether oxygens (including phenoxy) is 1. The number of hydrogen-bond donors (Lipinski definition) is 2. The lowest BCUT2D eigenvalue weighted by Crippen LogP contribution is -2.52. The van der Waals surface area contributed by atoms with Gasteiger partial charge in [0.05, 0.1) is 13.2 Å². The van der Waals surface area contributed by atoms with E-state index in [1.807, 2.05) is 0 Å². The molecule has 3 N–H and O–H groups in total. The molecule has 4 nitrogen and oxygen atoms in total. The first kappa shape index (κ1) is 9.86. The lowest BCUT2D eigenvalue weighted by atomic mass is 9.90. The summed E-state index contributed by atoms with van der Waals surface area (Å²) in [7, 11) is 1.22. The minimum absolute atomic E-state index is 0.0918. The van der Waals surface area contributed by atoms with Crippen molar-refractivity contribution in [3.05, 3.63) is 0 Å². The zero-order valence-corrected chi connectivity index (χ0v) is 8.16. The van der Waals surface area contributed by atoms with Crippen molar-refractivity contribution in [2.24, 2.45) is 17.6 Å². The van der Waals surface area contributed by atoms with Crippen LogP contribution in [0.25, 0.3) is 0 Å². The topological polar surface area (TPSA) is 72.5 Å². The molecule has 0 amide bonds. The van der Waals surface area contributed by atoms with Crippen molar-refractivity contribution < 1.29 is 19.0 Å². The van der Waals surface area contributed by atoms with Gasteiger partial charge in [0.2, 0.25) is 0 Å². The molecule has 14 heavy (non-hydrogen) atoms. The second-order valence-corrected chi connectivity index (χ2v) is 4.46. The highest BCUT2D eigenvalue weighted by atomic mass is 19.1. The van der Waals surface area contributed by atoms with Crippen LogP contribution in [0.3, 0.4) is 0 Å². The van der Waals surface area contributed by atoms with Gasteiger partial charge in [-0.1, -0.05) is 0 Å². The fourth-order valence-electron chi connectivity index (χ4n) is 2.94. The van der Waals surface area contributed by atoms with Crippen LogP contribution in [0.5, 0.6) is 0 Å². The van der Waals surface area contributed by atoms with Crippen molar-refractivity contribution in [3.8, 4) is 0 Å². The minimum Gasteiger partial charge on any atom is -0.468 e. The largest absolute Gasteiger partial charge is 0.468 e. The predicted molar refractivity (Wildman–Crippen MR) is 46.1 cm³/mol. The molecule has 0 aliphatic heterocycles. The summed E-state index contributed by atoms with van der Waals surface area (Å²) in [5.41, 5.74) is 2.92. The Balaban J connectivity index is 2.28. The van der Waals surface area contributed by atoms with E-state index >= 15 is 0 Å². The first-order valence-electron chi connectivity index (χ1n) is 4.60. The Hall–Kier alpha value is -0.680. The molecule has 2 fully saturated rings. The molecular weight excluding hydrogens is 189 g/mol. The first-order chi connectivity index (χ1) is 6.35. The number of hydrogen-bond acceptors (Lipinski definition) is 4. The molecule has 80 valence electrons. The molecular formula is C9H14FNO3. The van der Waals surface area contributed by atoms with Gasteiger partial charge >= 0.3 is 5.97 Å². The summed E-state index contributed by atoms with van der Waals surface area (Å²) < 4.78 is 18.2. The highest BCUT2D eigenvalue weighted by Crippen LogP contribution is 2.66. The smallest absolute Gasteiger partial charge is 0.326 e. The maximum atomic E-state index is 13.7. The van der Waals surface area contributed by atoms with Crippen molar-refractivity contribution >= 4 is 5.97 Å². The Kier molecular flexibility index (Phi) is 1.73. The third kappa shape index (κ3) is 0.914. The van der Waals surface area contributed by atoms with Crippen LogP contribution >= 0.6 is 0 Å². The van der Waals surface area contributed by atoms with Crippen molar-refractivity contribution in [2.75, 3.05) is 7.11 Å². The number of alkyl halides is 1. The Morgan fingerprint density at radius 2 is 2.29 bits per heavy atom. The van der Waals surface area contributed by atoms with E-state index in [0.29, 0.717) is 0 Å². The molecule has 5 atom stereocenters. The van der Waals surface area contributed by atoms with E-state index in [0.717, 1.165) is 0 Å². The van der Waals surface area contributed by atoms with Crippen LogP contribution in [-0.2, 0) is 9.53 Å². The number of carbonyl (C=O) groups is 1. The summed E-state index contributed by atoms with van der Waals surface area (Å²) in [5, 5.41) is 9.53. The summed E-state index contributed by atoms with van der Waals surface area (Å²) in [5.74, 6) is -1.74. The lowest BCUT2D eigenvalue weighted by molar-refractivity contribution is -0.149. The third-order valence-electron chi connectivity index (χ3n) is 3.59. The van der Waals surface area contributed by atoms with Gasteiger partial charge < -0.3 is 15.6 Å². The number of fused-ring (bicyclic) bond motifs is 1. The zero-order chi connectivity index (χ0) is 10.7. The predicted octanol–water partition coefficient (Wildman–Crippen LogP) is -0.404. The van der Waals surface area contributed by atoms with Crippen molar-refractivity contribution in [1.29, 1.82) is 0 Å². The van der Waals surface area contributed by atoms with Gasteiger partial charge in [-0.05, 0) is 6.92 Å². The summed E-state index contributed by atoms with van der Waals surface area (Å²) in [6.07, 6.45) is -0.742.